The summed E-state index contributed by atoms with van der Waals surface area (Å²) in [4.78, 5) is 10.9. The molecule has 5 heteroatoms. The van der Waals surface area contributed by atoms with Crippen molar-refractivity contribution < 1.29 is 9.90 Å². The standard InChI is InChI=1S/C13H21N3O2/c1-3-11-12(8-16(2)15-11)14-10-6-4-9(5-7-10)13(17)18/h8-10,14H,3-7H2,1-2H3,(H,17,18). The fraction of sp³-hybridized carbons (Fsp3) is 0.692. The van der Waals surface area contributed by atoms with E-state index in [1.807, 2.05) is 17.9 Å². The molecule has 18 heavy (non-hydrogen) atoms. The minimum absolute atomic E-state index is 0.150. The number of anilines is 1. The first-order chi connectivity index (χ1) is 8.60. The van der Waals surface area contributed by atoms with Crippen LogP contribution in [0.25, 0.3) is 0 Å². The Hall–Kier alpha value is -1.52. The van der Waals surface area contributed by atoms with Crippen LogP contribution in [-0.4, -0.2) is 26.9 Å². The predicted octanol–water partition coefficient (Wildman–Crippen LogP) is 2.04. The second kappa shape index (κ2) is 5.42. The summed E-state index contributed by atoms with van der Waals surface area (Å²) >= 11 is 0. The van der Waals surface area contributed by atoms with E-state index in [1.54, 1.807) is 0 Å². The first kappa shape index (κ1) is 12.9. The van der Waals surface area contributed by atoms with Crippen molar-refractivity contribution in [2.45, 2.75) is 45.1 Å². The first-order valence-electron chi connectivity index (χ1n) is 6.62. The second-order valence-electron chi connectivity index (χ2n) is 5.05. The third kappa shape index (κ3) is 2.83. The molecule has 0 saturated heterocycles. The molecule has 1 fully saturated rings. The fourth-order valence-electron chi connectivity index (χ4n) is 2.62. The van der Waals surface area contributed by atoms with Gasteiger partial charge in [-0.05, 0) is 32.1 Å². The first-order valence-corrected chi connectivity index (χ1v) is 6.62. The molecule has 1 saturated carbocycles. The number of aliphatic carboxylic acids is 1. The van der Waals surface area contributed by atoms with Gasteiger partial charge in [0.15, 0.2) is 0 Å². The Morgan fingerprint density at radius 1 is 1.50 bits per heavy atom. The molecule has 1 aromatic heterocycles. The van der Waals surface area contributed by atoms with Gasteiger partial charge in [0, 0.05) is 19.3 Å². The van der Waals surface area contributed by atoms with Crippen LogP contribution in [0.1, 0.15) is 38.3 Å². The van der Waals surface area contributed by atoms with Crippen molar-refractivity contribution in [1.82, 2.24) is 9.78 Å². The summed E-state index contributed by atoms with van der Waals surface area (Å²) < 4.78 is 1.82. The average molecular weight is 251 g/mol. The monoisotopic (exact) mass is 251 g/mol. The van der Waals surface area contributed by atoms with Gasteiger partial charge in [0.2, 0.25) is 0 Å². The summed E-state index contributed by atoms with van der Waals surface area (Å²) in [6, 6.07) is 0.384. The molecule has 0 spiro atoms. The highest BCUT2D eigenvalue weighted by Gasteiger charge is 2.26. The van der Waals surface area contributed by atoms with E-state index in [9.17, 15) is 4.79 Å². The van der Waals surface area contributed by atoms with E-state index < -0.39 is 5.97 Å². The lowest BCUT2D eigenvalue weighted by molar-refractivity contribution is -0.142. The molecule has 2 N–H and O–H groups in total. The number of nitrogens with zero attached hydrogens (tertiary/aromatic N) is 2. The summed E-state index contributed by atoms with van der Waals surface area (Å²) in [5, 5.41) is 16.9. The number of hydrogen-bond acceptors (Lipinski definition) is 3. The van der Waals surface area contributed by atoms with Crippen LogP contribution in [0, 0.1) is 5.92 Å². The summed E-state index contributed by atoms with van der Waals surface area (Å²) in [6.45, 7) is 2.09. The van der Waals surface area contributed by atoms with Crippen molar-refractivity contribution in [1.29, 1.82) is 0 Å². The smallest absolute Gasteiger partial charge is 0.306 e. The number of aryl methyl sites for hydroxylation is 2. The maximum Gasteiger partial charge on any atom is 0.306 e. The van der Waals surface area contributed by atoms with Crippen LogP contribution in [0.15, 0.2) is 6.20 Å². The number of nitrogens with one attached hydrogen (secondary N) is 1. The highest BCUT2D eigenvalue weighted by molar-refractivity contribution is 5.70. The van der Waals surface area contributed by atoms with E-state index in [0.717, 1.165) is 43.5 Å². The van der Waals surface area contributed by atoms with Crippen LogP contribution in [0.3, 0.4) is 0 Å². The Kier molecular flexibility index (Phi) is 3.89. The number of aromatic nitrogens is 2. The summed E-state index contributed by atoms with van der Waals surface area (Å²) in [5.74, 6) is -0.799. The van der Waals surface area contributed by atoms with Gasteiger partial charge in [-0.3, -0.25) is 9.48 Å². The van der Waals surface area contributed by atoms with Crippen LogP contribution >= 0.6 is 0 Å². The second-order valence-corrected chi connectivity index (χ2v) is 5.05. The minimum Gasteiger partial charge on any atom is -0.481 e. The lowest BCUT2D eigenvalue weighted by atomic mass is 9.86. The normalized spacial score (nSPS) is 23.9. The molecule has 0 amide bonds. The molecule has 0 aliphatic heterocycles. The van der Waals surface area contributed by atoms with Crippen LogP contribution in [-0.2, 0) is 18.3 Å². The number of rotatable bonds is 4. The zero-order valence-corrected chi connectivity index (χ0v) is 11.0. The van der Waals surface area contributed by atoms with Gasteiger partial charge in [-0.15, -0.1) is 0 Å². The van der Waals surface area contributed by atoms with Gasteiger partial charge >= 0.3 is 5.97 Å². The average Bonchev–Trinajstić information content (AvgIpc) is 2.70. The number of carboxylic acids is 1. The van der Waals surface area contributed by atoms with Crippen LogP contribution < -0.4 is 5.32 Å². The zero-order valence-electron chi connectivity index (χ0n) is 11.0. The molecule has 2 rings (SSSR count). The highest BCUT2D eigenvalue weighted by atomic mass is 16.4. The molecule has 1 aliphatic rings. The van der Waals surface area contributed by atoms with Gasteiger partial charge in [0.1, 0.15) is 0 Å². The molecule has 100 valence electrons. The Morgan fingerprint density at radius 3 is 2.72 bits per heavy atom. The SMILES string of the molecule is CCc1nn(C)cc1NC1CCC(C(=O)O)CC1. The van der Waals surface area contributed by atoms with E-state index in [4.69, 9.17) is 5.11 Å². The number of hydrogen-bond donors (Lipinski definition) is 2. The van der Waals surface area contributed by atoms with Gasteiger partial charge in [0.05, 0.1) is 17.3 Å². The van der Waals surface area contributed by atoms with Crippen molar-refractivity contribution in [3.63, 3.8) is 0 Å². The van der Waals surface area contributed by atoms with Crippen LogP contribution in [0.5, 0.6) is 0 Å². The van der Waals surface area contributed by atoms with Gasteiger partial charge in [0.25, 0.3) is 0 Å². The molecule has 1 aromatic rings. The fourth-order valence-corrected chi connectivity index (χ4v) is 2.62. The van der Waals surface area contributed by atoms with Crippen molar-refractivity contribution in [3.05, 3.63) is 11.9 Å². The minimum atomic E-state index is -0.649. The summed E-state index contributed by atoms with van der Waals surface area (Å²) in [5.41, 5.74) is 2.18. The predicted molar refractivity (Wildman–Crippen MR) is 69.6 cm³/mol. The molecule has 1 aliphatic carbocycles. The molecule has 0 bridgehead atoms. The molecular weight excluding hydrogens is 230 g/mol. The molecule has 0 unspecified atom stereocenters. The number of carbonyl (C=O) groups is 1. The van der Waals surface area contributed by atoms with Crippen molar-refractivity contribution in [2.24, 2.45) is 13.0 Å². The van der Waals surface area contributed by atoms with Crippen molar-refractivity contribution in [2.75, 3.05) is 5.32 Å². The Labute approximate surface area is 107 Å². The van der Waals surface area contributed by atoms with E-state index in [1.165, 1.54) is 0 Å². The van der Waals surface area contributed by atoms with E-state index >= 15 is 0 Å². The van der Waals surface area contributed by atoms with Gasteiger partial charge < -0.3 is 10.4 Å². The topological polar surface area (TPSA) is 67.2 Å². The lowest BCUT2D eigenvalue weighted by Gasteiger charge is -2.27. The van der Waals surface area contributed by atoms with E-state index in [0.29, 0.717) is 6.04 Å². The molecule has 1 heterocycles. The summed E-state index contributed by atoms with van der Waals surface area (Å²) in [6.07, 6.45) is 6.31. The largest absolute Gasteiger partial charge is 0.481 e. The van der Waals surface area contributed by atoms with Crippen LogP contribution in [0.2, 0.25) is 0 Å². The molecule has 5 nitrogen and oxygen atoms in total. The van der Waals surface area contributed by atoms with Crippen molar-refractivity contribution in [3.8, 4) is 0 Å². The molecule has 0 atom stereocenters. The third-order valence-electron chi connectivity index (χ3n) is 3.68. The maximum atomic E-state index is 10.9. The van der Waals surface area contributed by atoms with E-state index in [2.05, 4.69) is 17.3 Å². The maximum absolute atomic E-state index is 10.9. The molecule has 0 radical (unpaired) electrons. The summed E-state index contributed by atoms with van der Waals surface area (Å²) in [7, 11) is 1.92. The van der Waals surface area contributed by atoms with Gasteiger partial charge in [-0.25, -0.2) is 0 Å². The number of carboxylic acid groups (broad SMARTS) is 1. The lowest BCUT2D eigenvalue weighted by Crippen LogP contribution is -2.29. The van der Waals surface area contributed by atoms with E-state index in [-0.39, 0.29) is 5.92 Å². The Balaban J connectivity index is 1.93. The molecular formula is C13H21N3O2. The third-order valence-corrected chi connectivity index (χ3v) is 3.68. The molecule has 0 aromatic carbocycles. The Bertz CT molecular complexity index is 420. The van der Waals surface area contributed by atoms with Gasteiger partial charge in [-0.2, -0.15) is 5.10 Å². The van der Waals surface area contributed by atoms with Crippen LogP contribution in [0.4, 0.5) is 5.69 Å². The quantitative estimate of drug-likeness (QED) is 0.859. The van der Waals surface area contributed by atoms with Gasteiger partial charge in [-0.1, -0.05) is 6.92 Å². The Morgan fingerprint density at radius 2 is 2.17 bits per heavy atom. The highest BCUT2D eigenvalue weighted by Crippen LogP contribution is 2.27. The van der Waals surface area contributed by atoms with Crippen molar-refractivity contribution >= 4 is 11.7 Å². The zero-order chi connectivity index (χ0) is 13.1.